The van der Waals surface area contributed by atoms with Crippen LogP contribution in [-0.2, 0) is 11.8 Å². The van der Waals surface area contributed by atoms with Crippen molar-refractivity contribution in [1.29, 1.82) is 0 Å². The van der Waals surface area contributed by atoms with Crippen molar-refractivity contribution < 1.29 is 14.5 Å². The van der Waals surface area contributed by atoms with E-state index in [0.29, 0.717) is 17.6 Å². The molecule has 1 unspecified atom stereocenters. The number of benzene rings is 2. The molecule has 0 spiro atoms. The van der Waals surface area contributed by atoms with E-state index in [1.807, 2.05) is 25.3 Å². The second-order valence-corrected chi connectivity index (χ2v) is 11.8. The van der Waals surface area contributed by atoms with Gasteiger partial charge in [0, 0.05) is 0 Å². The molecule has 0 bridgehead atoms. The molecule has 6 heteroatoms. The molecule has 2 aromatic carbocycles. The summed E-state index contributed by atoms with van der Waals surface area (Å²) in [6.45, 7) is 0. The SMILES string of the molecule is CN1c2ccccc2[Se]C1CC1=C(O)C(=Cc2[se]c3ccccc3[n+]2C)C1=O. The van der Waals surface area contributed by atoms with Crippen LogP contribution in [0.1, 0.15) is 11.0 Å². The van der Waals surface area contributed by atoms with Gasteiger partial charge in [0.2, 0.25) is 0 Å². The van der Waals surface area contributed by atoms with Crippen LogP contribution in [0.2, 0.25) is 0 Å². The Labute approximate surface area is 175 Å². The number of aliphatic hydroxyl groups is 1. The molecular formula is C22H19N2O2Se2+. The van der Waals surface area contributed by atoms with Crippen molar-refractivity contribution in [2.45, 2.75) is 11.4 Å². The van der Waals surface area contributed by atoms with E-state index < -0.39 is 0 Å². The van der Waals surface area contributed by atoms with Crippen molar-refractivity contribution >= 4 is 61.2 Å². The average Bonchev–Trinajstić information content (AvgIpc) is 3.21. The monoisotopic (exact) mass is 503 g/mol. The second kappa shape index (κ2) is 6.75. The Morgan fingerprint density at radius 1 is 1.18 bits per heavy atom. The van der Waals surface area contributed by atoms with Gasteiger partial charge in [0.05, 0.1) is 0 Å². The molecule has 1 aliphatic heterocycles. The number of hydrogen-bond donors (Lipinski definition) is 1. The summed E-state index contributed by atoms with van der Waals surface area (Å²) in [7, 11) is 4.11. The maximum absolute atomic E-state index is 12.8. The Bertz CT molecular complexity index is 1190. The molecule has 1 aromatic heterocycles. The first-order valence-corrected chi connectivity index (χ1v) is 12.7. The minimum absolute atomic E-state index is 0.00492. The second-order valence-electron chi connectivity index (χ2n) is 7.04. The number of hydrogen-bond acceptors (Lipinski definition) is 3. The first-order chi connectivity index (χ1) is 13.5. The summed E-state index contributed by atoms with van der Waals surface area (Å²) < 4.78 is 5.92. The quantitative estimate of drug-likeness (QED) is 0.338. The molecule has 1 atom stereocenters. The number of aryl methyl sites for hydroxylation is 1. The predicted octanol–water partition coefficient (Wildman–Crippen LogP) is 1.70. The van der Waals surface area contributed by atoms with Gasteiger partial charge in [-0.3, -0.25) is 0 Å². The number of Topliss-reactive ketones (excluding diaryl/α,β-unsaturated/α-hetero) is 1. The number of carbonyl (C=O) groups is 1. The molecule has 0 saturated heterocycles. The molecule has 0 saturated carbocycles. The predicted molar refractivity (Wildman–Crippen MR) is 113 cm³/mol. The number of nitrogens with zero attached hydrogens (tertiary/aromatic N) is 2. The van der Waals surface area contributed by atoms with Gasteiger partial charge in [0.15, 0.2) is 0 Å². The average molecular weight is 501 g/mol. The van der Waals surface area contributed by atoms with Crippen molar-refractivity contribution in [3.05, 3.63) is 70.0 Å². The maximum atomic E-state index is 12.8. The molecule has 28 heavy (non-hydrogen) atoms. The van der Waals surface area contributed by atoms with Crippen molar-refractivity contribution in [3.8, 4) is 0 Å². The van der Waals surface area contributed by atoms with Crippen molar-refractivity contribution in [3.63, 3.8) is 0 Å². The molecule has 0 radical (unpaired) electrons. The van der Waals surface area contributed by atoms with Gasteiger partial charge in [0.1, 0.15) is 0 Å². The summed E-state index contributed by atoms with van der Waals surface area (Å²) in [6, 6.07) is 16.7. The minimum atomic E-state index is 0.00492. The van der Waals surface area contributed by atoms with E-state index in [2.05, 4.69) is 52.9 Å². The topological polar surface area (TPSA) is 44.4 Å². The molecule has 5 rings (SSSR count). The molecule has 2 aliphatic rings. The third-order valence-electron chi connectivity index (χ3n) is 5.42. The van der Waals surface area contributed by atoms with Crippen LogP contribution in [-0.4, -0.2) is 52.3 Å². The fourth-order valence-electron chi connectivity index (χ4n) is 3.75. The van der Waals surface area contributed by atoms with Crippen LogP contribution in [0.25, 0.3) is 15.9 Å². The molecule has 3 aromatic rings. The number of rotatable bonds is 3. The summed E-state index contributed by atoms with van der Waals surface area (Å²) >= 11 is 0.439. The Kier molecular flexibility index (Phi) is 4.33. The van der Waals surface area contributed by atoms with Gasteiger partial charge in [-0.1, -0.05) is 0 Å². The number of allylic oxidation sites excluding steroid dienone is 1. The third kappa shape index (κ3) is 2.72. The van der Waals surface area contributed by atoms with Crippen LogP contribution >= 0.6 is 0 Å². The van der Waals surface area contributed by atoms with Gasteiger partial charge in [-0.2, -0.15) is 0 Å². The zero-order valence-corrected chi connectivity index (χ0v) is 19.0. The molecular weight excluding hydrogens is 482 g/mol. The third-order valence-corrected chi connectivity index (χ3v) is 10.7. The fourth-order valence-corrected chi connectivity index (χ4v) is 8.78. The van der Waals surface area contributed by atoms with E-state index in [0.717, 1.165) is 4.57 Å². The molecule has 1 aliphatic carbocycles. The first-order valence-electron chi connectivity index (χ1n) is 9.09. The van der Waals surface area contributed by atoms with Gasteiger partial charge in [0.25, 0.3) is 0 Å². The van der Waals surface area contributed by atoms with Crippen LogP contribution in [0, 0.1) is 0 Å². The Morgan fingerprint density at radius 2 is 1.93 bits per heavy atom. The van der Waals surface area contributed by atoms with Crippen LogP contribution in [0.4, 0.5) is 5.69 Å². The van der Waals surface area contributed by atoms with Crippen LogP contribution in [0.3, 0.4) is 0 Å². The summed E-state index contributed by atoms with van der Waals surface area (Å²) in [5, 5.41) is 10.6. The van der Waals surface area contributed by atoms with E-state index in [4.69, 9.17) is 0 Å². The first kappa shape index (κ1) is 18.0. The Hall–Kier alpha value is -2.10. The van der Waals surface area contributed by atoms with Gasteiger partial charge in [-0.25, -0.2) is 0 Å². The fraction of sp³-hybridized carbons (Fsp3) is 0.182. The molecule has 0 fully saturated rings. The summed E-state index contributed by atoms with van der Waals surface area (Å²) in [5.74, 6) is 0.197. The summed E-state index contributed by atoms with van der Waals surface area (Å²) in [4.78, 5) is 15.3. The number of anilines is 1. The number of para-hydroxylation sites is 2. The van der Waals surface area contributed by atoms with Gasteiger partial charge >= 0.3 is 176 Å². The Balaban J connectivity index is 1.42. The van der Waals surface area contributed by atoms with Crippen LogP contribution in [0.5, 0.6) is 0 Å². The van der Waals surface area contributed by atoms with E-state index in [1.54, 1.807) is 0 Å². The van der Waals surface area contributed by atoms with E-state index in [1.165, 1.54) is 19.9 Å². The number of ketones is 1. The molecule has 2 heterocycles. The van der Waals surface area contributed by atoms with Crippen LogP contribution < -0.4 is 13.9 Å². The number of aromatic nitrogens is 1. The zero-order chi connectivity index (χ0) is 19.4. The number of fused-ring (bicyclic) bond motifs is 2. The summed E-state index contributed by atoms with van der Waals surface area (Å²) in [5.41, 5.74) is 3.50. The molecule has 1 N–H and O–H groups in total. The Morgan fingerprint density at radius 3 is 2.68 bits per heavy atom. The van der Waals surface area contributed by atoms with Crippen LogP contribution in [0.15, 0.2) is 65.4 Å². The summed E-state index contributed by atoms with van der Waals surface area (Å²) in [6.07, 6.45) is 2.50. The van der Waals surface area contributed by atoms with E-state index in [9.17, 15) is 9.90 Å². The number of carbonyl (C=O) groups excluding carboxylic acids is 1. The van der Waals surface area contributed by atoms with Crippen molar-refractivity contribution in [1.82, 2.24) is 0 Å². The standard InChI is InChI=1S/C22H18N2O2Se2/c1-23-15-7-3-5-9-17(15)27-19(23)11-13-21(25)14(22(13)26)12-20-24(2)16-8-4-6-10-18(16)28-20/h3-11,20H,12H2,1-2H3/p+1. The number of aliphatic hydroxyl groups excluding tert-OH is 1. The van der Waals surface area contributed by atoms with Gasteiger partial charge in [-0.05, 0) is 0 Å². The van der Waals surface area contributed by atoms with E-state index in [-0.39, 0.29) is 45.9 Å². The van der Waals surface area contributed by atoms with E-state index >= 15 is 0 Å². The van der Waals surface area contributed by atoms with Crippen molar-refractivity contribution in [2.24, 2.45) is 7.05 Å². The van der Waals surface area contributed by atoms with Gasteiger partial charge in [-0.15, -0.1) is 0 Å². The molecule has 140 valence electrons. The normalized spacial score (nSPS) is 20.2. The molecule has 0 amide bonds. The van der Waals surface area contributed by atoms with Crippen molar-refractivity contribution in [2.75, 3.05) is 11.9 Å². The zero-order valence-electron chi connectivity index (χ0n) is 15.5. The molecule has 4 nitrogen and oxygen atoms in total. The van der Waals surface area contributed by atoms with Gasteiger partial charge < -0.3 is 0 Å².